The summed E-state index contributed by atoms with van der Waals surface area (Å²) >= 11 is 0. The Kier molecular flexibility index (Phi) is 20.4. The van der Waals surface area contributed by atoms with Crippen molar-refractivity contribution in [2.24, 2.45) is 0 Å². The van der Waals surface area contributed by atoms with E-state index in [1.807, 2.05) is 0 Å². The number of aliphatic hydroxyl groups is 1. The molecule has 0 saturated carbocycles. The Morgan fingerprint density at radius 3 is 2.18 bits per heavy atom. The van der Waals surface area contributed by atoms with E-state index in [-0.39, 0.29) is 13.4 Å². The number of aliphatic hydroxyl groups excluding tert-OH is 1. The molecule has 0 aliphatic carbocycles. The maximum atomic E-state index is 8.57. The molecule has 0 spiro atoms. The van der Waals surface area contributed by atoms with E-state index in [1.165, 1.54) is 12.8 Å². The van der Waals surface area contributed by atoms with Crippen molar-refractivity contribution in [3.05, 3.63) is 0 Å². The van der Waals surface area contributed by atoms with Crippen LogP contribution in [0.1, 0.15) is 32.6 Å². The monoisotopic (exact) mass is 323 g/mol. The van der Waals surface area contributed by atoms with E-state index in [1.54, 1.807) is 0 Å². The fourth-order valence-corrected chi connectivity index (χ4v) is 1.46. The average Bonchev–Trinajstić information content (AvgIpc) is 2.54. The number of nitrogens with one attached hydrogen (secondary N) is 3. The summed E-state index contributed by atoms with van der Waals surface area (Å²) in [6.07, 6.45) is 4.34. The Bertz CT molecular complexity index is 181. The van der Waals surface area contributed by atoms with Crippen LogP contribution in [0.25, 0.3) is 0 Å². The normalized spacial score (nSPS) is 11.2. The molecule has 0 radical (unpaired) electrons. The molecule has 0 aromatic heterocycles. The lowest BCUT2D eigenvalue weighted by atomic mass is 10.2. The Balaban J connectivity index is 2.91. The first-order valence-electron chi connectivity index (χ1n) is 8.04. The molecule has 8 heteroatoms. The van der Waals surface area contributed by atoms with Crippen molar-refractivity contribution in [1.82, 2.24) is 16.0 Å². The van der Waals surface area contributed by atoms with E-state index < -0.39 is 0 Å². The summed E-state index contributed by atoms with van der Waals surface area (Å²) in [6.45, 7) is 6.65. The fourth-order valence-electron chi connectivity index (χ4n) is 1.46. The lowest BCUT2D eigenvalue weighted by Crippen LogP contribution is -2.26. The highest BCUT2D eigenvalue weighted by Gasteiger charge is 1.92. The number of ether oxygens (including phenoxy) is 2. The minimum Gasteiger partial charge on any atom is -0.396 e. The Morgan fingerprint density at radius 1 is 0.773 bits per heavy atom. The molecule has 0 amide bonds. The molecule has 0 saturated heterocycles. The van der Waals surface area contributed by atoms with Gasteiger partial charge in [0.2, 0.25) is 0 Å². The van der Waals surface area contributed by atoms with Crippen molar-refractivity contribution >= 4 is 0 Å². The van der Waals surface area contributed by atoms with Crippen molar-refractivity contribution in [2.45, 2.75) is 32.6 Å². The molecule has 0 rings (SSSR count). The van der Waals surface area contributed by atoms with Gasteiger partial charge in [0, 0.05) is 13.2 Å². The second-order valence-electron chi connectivity index (χ2n) is 4.68. The molecule has 0 atom stereocenters. The molecule has 8 nitrogen and oxygen atoms in total. The van der Waals surface area contributed by atoms with Crippen LogP contribution in [-0.2, 0) is 19.2 Å². The number of hydrogen-bond acceptors (Lipinski definition) is 8. The average molecular weight is 323 g/mol. The van der Waals surface area contributed by atoms with E-state index in [0.717, 1.165) is 25.9 Å². The van der Waals surface area contributed by atoms with Gasteiger partial charge in [-0.1, -0.05) is 19.8 Å². The van der Waals surface area contributed by atoms with E-state index in [9.17, 15) is 0 Å². The van der Waals surface area contributed by atoms with Crippen LogP contribution in [0.4, 0.5) is 0 Å². The van der Waals surface area contributed by atoms with Crippen LogP contribution in [-0.4, -0.2) is 64.9 Å². The Labute approximate surface area is 133 Å². The van der Waals surface area contributed by atoms with Crippen LogP contribution in [0.3, 0.4) is 0 Å². The zero-order valence-electron chi connectivity index (χ0n) is 13.8. The number of rotatable bonds is 19. The number of hydrogen-bond donors (Lipinski definition) is 4. The zero-order valence-corrected chi connectivity index (χ0v) is 13.8. The first-order chi connectivity index (χ1) is 10.9. The van der Waals surface area contributed by atoms with Gasteiger partial charge in [-0.25, -0.2) is 9.78 Å². The van der Waals surface area contributed by atoms with Crippen molar-refractivity contribution in [1.29, 1.82) is 0 Å². The Hall–Kier alpha value is -0.320. The molecule has 22 heavy (non-hydrogen) atoms. The van der Waals surface area contributed by atoms with Gasteiger partial charge in [0.1, 0.15) is 20.3 Å². The lowest BCUT2D eigenvalue weighted by molar-refractivity contribution is -0.302. The van der Waals surface area contributed by atoms with Gasteiger partial charge < -0.3 is 14.6 Å². The van der Waals surface area contributed by atoms with Crippen LogP contribution >= 0.6 is 0 Å². The first kappa shape index (κ1) is 21.7. The summed E-state index contributed by atoms with van der Waals surface area (Å²) in [5.41, 5.74) is 0. The second kappa shape index (κ2) is 20.7. The maximum absolute atomic E-state index is 8.57. The largest absolute Gasteiger partial charge is 0.396 e. The highest BCUT2D eigenvalue weighted by molar-refractivity contribution is 4.41. The van der Waals surface area contributed by atoms with Crippen molar-refractivity contribution < 1.29 is 24.4 Å². The minimum atomic E-state index is 0.190. The summed E-state index contributed by atoms with van der Waals surface area (Å²) in [4.78, 5) is 9.87. The van der Waals surface area contributed by atoms with Gasteiger partial charge >= 0.3 is 0 Å². The van der Waals surface area contributed by atoms with E-state index in [4.69, 9.17) is 24.4 Å². The summed E-state index contributed by atoms with van der Waals surface area (Å²) in [6, 6.07) is 0. The molecule has 134 valence electrons. The van der Waals surface area contributed by atoms with E-state index >= 15 is 0 Å². The van der Waals surface area contributed by atoms with Crippen LogP contribution in [0.15, 0.2) is 0 Å². The van der Waals surface area contributed by atoms with Crippen molar-refractivity contribution in [3.63, 3.8) is 0 Å². The molecule has 0 bridgehead atoms. The standard InChI is InChI=1S/C14H33N3O5/c1-2-3-4-6-16-12-21-22-13-17-8-10-19-14-20-11-15-7-5-9-18/h15-18H,2-14H2,1H3. The summed E-state index contributed by atoms with van der Waals surface area (Å²) in [5.74, 6) is 0. The highest BCUT2D eigenvalue weighted by atomic mass is 17.2. The van der Waals surface area contributed by atoms with E-state index in [0.29, 0.717) is 33.3 Å². The van der Waals surface area contributed by atoms with Crippen LogP contribution in [0, 0.1) is 0 Å². The van der Waals surface area contributed by atoms with Crippen molar-refractivity contribution in [3.8, 4) is 0 Å². The molecule has 0 aliphatic heterocycles. The second-order valence-corrected chi connectivity index (χ2v) is 4.68. The predicted molar refractivity (Wildman–Crippen MR) is 83.9 cm³/mol. The Morgan fingerprint density at radius 2 is 1.45 bits per heavy atom. The molecular formula is C14H33N3O5. The van der Waals surface area contributed by atoms with Gasteiger partial charge in [-0.2, -0.15) is 0 Å². The molecular weight excluding hydrogens is 290 g/mol. The van der Waals surface area contributed by atoms with Gasteiger partial charge in [-0.15, -0.1) is 0 Å². The SMILES string of the molecule is CCCCCNCOOCNCCOCOCNCCCO. The first-order valence-corrected chi connectivity index (χ1v) is 8.04. The maximum Gasteiger partial charge on any atom is 0.148 e. The summed E-state index contributed by atoms with van der Waals surface area (Å²) in [5, 5.41) is 17.7. The topological polar surface area (TPSA) is 93.2 Å². The third-order valence-corrected chi connectivity index (χ3v) is 2.67. The summed E-state index contributed by atoms with van der Waals surface area (Å²) < 4.78 is 10.4. The van der Waals surface area contributed by atoms with Gasteiger partial charge in [-0.05, 0) is 25.9 Å². The predicted octanol–water partition coefficient (Wildman–Crippen LogP) is 0.139. The quantitative estimate of drug-likeness (QED) is 0.115. The van der Waals surface area contributed by atoms with Crippen LogP contribution < -0.4 is 16.0 Å². The zero-order chi connectivity index (χ0) is 16.1. The highest BCUT2D eigenvalue weighted by Crippen LogP contribution is 1.90. The molecule has 0 aromatic rings. The molecule has 0 heterocycles. The molecule has 0 unspecified atom stereocenters. The molecule has 0 aliphatic rings. The smallest absolute Gasteiger partial charge is 0.148 e. The third-order valence-electron chi connectivity index (χ3n) is 2.67. The minimum absolute atomic E-state index is 0.190. The fraction of sp³-hybridized carbons (Fsp3) is 1.00. The number of unbranched alkanes of at least 4 members (excludes halogenated alkanes) is 2. The van der Waals surface area contributed by atoms with Gasteiger partial charge in [0.05, 0.1) is 13.3 Å². The lowest BCUT2D eigenvalue weighted by Gasteiger charge is -2.08. The molecule has 0 aromatic carbocycles. The van der Waals surface area contributed by atoms with Crippen molar-refractivity contribution in [2.75, 3.05) is 59.8 Å². The van der Waals surface area contributed by atoms with Gasteiger partial charge in [0.15, 0.2) is 0 Å². The van der Waals surface area contributed by atoms with Gasteiger partial charge in [0.25, 0.3) is 0 Å². The summed E-state index contributed by atoms with van der Waals surface area (Å²) in [7, 11) is 0. The molecule has 4 N–H and O–H groups in total. The van der Waals surface area contributed by atoms with Crippen LogP contribution in [0.2, 0.25) is 0 Å². The van der Waals surface area contributed by atoms with Crippen LogP contribution in [0.5, 0.6) is 0 Å². The third kappa shape index (κ3) is 19.7. The van der Waals surface area contributed by atoms with Gasteiger partial charge in [-0.3, -0.25) is 16.0 Å². The van der Waals surface area contributed by atoms with E-state index in [2.05, 4.69) is 22.9 Å². The molecule has 0 fully saturated rings.